The predicted molar refractivity (Wildman–Crippen MR) is 125 cm³/mol. The number of hydrogen-bond donors (Lipinski definition) is 0. The first kappa shape index (κ1) is 20.7. The van der Waals surface area contributed by atoms with Gasteiger partial charge in [-0.05, 0) is 42.9 Å². The number of aryl methyl sites for hydroxylation is 1. The van der Waals surface area contributed by atoms with Crippen molar-refractivity contribution in [3.05, 3.63) is 51.1 Å². The van der Waals surface area contributed by atoms with Gasteiger partial charge in [-0.25, -0.2) is 4.98 Å². The number of carbonyl (C=O) groups is 1. The van der Waals surface area contributed by atoms with Crippen LogP contribution in [0.15, 0.2) is 40.3 Å². The first-order valence-electron chi connectivity index (χ1n) is 10.7. The number of thiophene rings is 1. The van der Waals surface area contributed by atoms with Crippen LogP contribution in [0.3, 0.4) is 0 Å². The Labute approximate surface area is 189 Å². The van der Waals surface area contributed by atoms with Gasteiger partial charge in [0.15, 0.2) is 5.16 Å². The zero-order chi connectivity index (χ0) is 21.4. The van der Waals surface area contributed by atoms with Gasteiger partial charge in [-0.1, -0.05) is 36.9 Å². The maximum Gasteiger partial charge on any atom is 0.267 e. The molecule has 5 rings (SSSR count). The van der Waals surface area contributed by atoms with E-state index in [0.29, 0.717) is 37.4 Å². The molecule has 1 aliphatic heterocycles. The average Bonchev–Trinajstić information content (AvgIpc) is 3.16. The quantitative estimate of drug-likeness (QED) is 0.445. The van der Waals surface area contributed by atoms with Gasteiger partial charge in [-0.2, -0.15) is 0 Å². The molecule has 0 radical (unpaired) electrons. The Morgan fingerprint density at radius 2 is 2.03 bits per heavy atom. The van der Waals surface area contributed by atoms with Gasteiger partial charge >= 0.3 is 0 Å². The average molecular weight is 456 g/mol. The molecular weight excluding hydrogens is 430 g/mol. The van der Waals surface area contributed by atoms with E-state index in [-0.39, 0.29) is 17.2 Å². The second kappa shape index (κ2) is 8.76. The van der Waals surface area contributed by atoms with Gasteiger partial charge in [0.1, 0.15) is 4.83 Å². The highest BCUT2D eigenvalue weighted by Crippen LogP contribution is 2.37. The highest BCUT2D eigenvalue weighted by molar-refractivity contribution is 7.99. The first-order chi connectivity index (χ1) is 15.1. The zero-order valence-corrected chi connectivity index (χ0v) is 19.1. The number of para-hydroxylation sites is 1. The summed E-state index contributed by atoms with van der Waals surface area (Å²) in [5.74, 6) is 0.950. The Balaban J connectivity index is 1.56. The Morgan fingerprint density at radius 3 is 2.81 bits per heavy atom. The van der Waals surface area contributed by atoms with Gasteiger partial charge in [0, 0.05) is 18.0 Å². The summed E-state index contributed by atoms with van der Waals surface area (Å²) in [4.78, 5) is 35.2. The van der Waals surface area contributed by atoms with Gasteiger partial charge in [0.05, 0.1) is 30.0 Å². The monoisotopic (exact) mass is 455 g/mol. The standard InChI is InChI=1S/C23H25N3O3S2/c1-15-7-8-17-18(13-15)31-21-20(17)22(28)26(16-5-3-2-4-6-16)23(24-21)30-14-19(27)25-9-11-29-12-10-25/h2-6,15H,7-14H2,1H3. The lowest BCUT2D eigenvalue weighted by Gasteiger charge is -2.26. The molecular formula is C23H25N3O3S2. The summed E-state index contributed by atoms with van der Waals surface area (Å²) >= 11 is 2.99. The number of fused-ring (bicyclic) bond motifs is 3. The number of nitrogens with zero attached hydrogens (tertiary/aromatic N) is 3. The summed E-state index contributed by atoms with van der Waals surface area (Å²) in [5.41, 5.74) is 1.94. The molecule has 31 heavy (non-hydrogen) atoms. The third kappa shape index (κ3) is 4.04. The van der Waals surface area contributed by atoms with Crippen molar-refractivity contribution in [2.24, 2.45) is 5.92 Å². The number of benzene rings is 1. The minimum atomic E-state index is -0.0235. The maximum atomic E-state index is 13.7. The van der Waals surface area contributed by atoms with E-state index in [1.165, 1.54) is 22.2 Å². The lowest BCUT2D eigenvalue weighted by molar-refractivity contribution is -0.132. The van der Waals surface area contributed by atoms with Gasteiger partial charge in [-0.15, -0.1) is 11.3 Å². The van der Waals surface area contributed by atoms with E-state index in [9.17, 15) is 9.59 Å². The van der Waals surface area contributed by atoms with Crippen molar-refractivity contribution in [3.63, 3.8) is 0 Å². The number of rotatable bonds is 4. The number of amides is 1. The molecule has 1 aliphatic carbocycles. The van der Waals surface area contributed by atoms with Crippen molar-refractivity contribution < 1.29 is 9.53 Å². The molecule has 0 N–H and O–H groups in total. The molecule has 3 heterocycles. The fourth-order valence-electron chi connectivity index (χ4n) is 4.30. The zero-order valence-electron chi connectivity index (χ0n) is 17.5. The van der Waals surface area contributed by atoms with E-state index >= 15 is 0 Å². The van der Waals surface area contributed by atoms with E-state index in [1.807, 2.05) is 35.2 Å². The predicted octanol–water partition coefficient (Wildman–Crippen LogP) is 3.52. The van der Waals surface area contributed by atoms with Gasteiger partial charge < -0.3 is 9.64 Å². The van der Waals surface area contributed by atoms with E-state index in [4.69, 9.17) is 9.72 Å². The van der Waals surface area contributed by atoms with Crippen LogP contribution < -0.4 is 5.56 Å². The van der Waals surface area contributed by atoms with Crippen molar-refractivity contribution in [2.45, 2.75) is 31.3 Å². The molecule has 0 saturated carbocycles. The highest BCUT2D eigenvalue weighted by Gasteiger charge is 2.26. The molecule has 2 aromatic heterocycles. The van der Waals surface area contributed by atoms with E-state index in [2.05, 4.69) is 6.92 Å². The second-order valence-electron chi connectivity index (χ2n) is 8.18. The van der Waals surface area contributed by atoms with Gasteiger partial charge in [-0.3, -0.25) is 14.2 Å². The van der Waals surface area contributed by atoms with E-state index in [0.717, 1.165) is 35.2 Å². The van der Waals surface area contributed by atoms with Gasteiger partial charge in [0.2, 0.25) is 5.91 Å². The molecule has 1 saturated heterocycles. The summed E-state index contributed by atoms with van der Waals surface area (Å²) in [6.45, 7) is 4.66. The largest absolute Gasteiger partial charge is 0.378 e. The molecule has 1 amide bonds. The van der Waals surface area contributed by atoms with Crippen LogP contribution >= 0.6 is 23.1 Å². The molecule has 3 aromatic rings. The van der Waals surface area contributed by atoms with Crippen LogP contribution in [0.4, 0.5) is 0 Å². The Morgan fingerprint density at radius 1 is 1.26 bits per heavy atom. The van der Waals surface area contributed by atoms with Crippen molar-refractivity contribution >= 4 is 39.2 Å². The number of hydrogen-bond acceptors (Lipinski definition) is 6. The third-order valence-electron chi connectivity index (χ3n) is 6.00. The fraction of sp³-hybridized carbons (Fsp3) is 0.435. The fourth-order valence-corrected chi connectivity index (χ4v) is 6.64. The molecule has 1 fully saturated rings. The molecule has 6 nitrogen and oxygen atoms in total. The minimum absolute atomic E-state index is 0.0235. The Kier molecular flexibility index (Phi) is 5.86. The maximum absolute atomic E-state index is 13.7. The number of ether oxygens (including phenoxy) is 1. The molecule has 1 atom stereocenters. The first-order valence-corrected chi connectivity index (χ1v) is 12.5. The molecule has 1 aromatic carbocycles. The minimum Gasteiger partial charge on any atom is -0.378 e. The molecule has 162 valence electrons. The number of aromatic nitrogens is 2. The second-order valence-corrected chi connectivity index (χ2v) is 10.2. The van der Waals surface area contributed by atoms with E-state index in [1.54, 1.807) is 15.9 Å². The van der Waals surface area contributed by atoms with Crippen LogP contribution in [-0.2, 0) is 22.4 Å². The number of morpholine rings is 1. The molecule has 0 spiro atoms. The summed E-state index contributed by atoms with van der Waals surface area (Å²) in [5, 5.41) is 1.34. The van der Waals surface area contributed by atoms with Crippen LogP contribution in [-0.4, -0.2) is 52.4 Å². The van der Waals surface area contributed by atoms with Crippen LogP contribution in [0, 0.1) is 5.92 Å². The molecule has 8 heteroatoms. The lowest BCUT2D eigenvalue weighted by Crippen LogP contribution is -2.41. The molecule has 2 aliphatic rings. The summed E-state index contributed by atoms with van der Waals surface area (Å²) < 4.78 is 7.03. The summed E-state index contributed by atoms with van der Waals surface area (Å²) in [7, 11) is 0. The van der Waals surface area contributed by atoms with Crippen molar-refractivity contribution in [2.75, 3.05) is 32.1 Å². The normalized spacial score (nSPS) is 18.9. The van der Waals surface area contributed by atoms with Crippen molar-refractivity contribution in [1.29, 1.82) is 0 Å². The third-order valence-corrected chi connectivity index (χ3v) is 8.07. The van der Waals surface area contributed by atoms with Crippen molar-refractivity contribution in [1.82, 2.24) is 14.5 Å². The highest BCUT2D eigenvalue weighted by atomic mass is 32.2. The lowest BCUT2D eigenvalue weighted by atomic mass is 9.89. The SMILES string of the molecule is CC1CCc2c(sc3nc(SCC(=O)N4CCOCC4)n(-c4ccccc4)c(=O)c23)C1. The van der Waals surface area contributed by atoms with Crippen LogP contribution in [0.2, 0.25) is 0 Å². The Hall–Kier alpha value is -2.16. The number of thioether (sulfide) groups is 1. The van der Waals surface area contributed by atoms with E-state index < -0.39 is 0 Å². The van der Waals surface area contributed by atoms with Crippen LogP contribution in [0.5, 0.6) is 0 Å². The number of carbonyl (C=O) groups excluding carboxylic acids is 1. The van der Waals surface area contributed by atoms with Gasteiger partial charge in [0.25, 0.3) is 5.56 Å². The summed E-state index contributed by atoms with van der Waals surface area (Å²) in [6.07, 6.45) is 3.05. The summed E-state index contributed by atoms with van der Waals surface area (Å²) in [6, 6.07) is 9.62. The van der Waals surface area contributed by atoms with Crippen molar-refractivity contribution in [3.8, 4) is 5.69 Å². The molecule has 0 bridgehead atoms. The topological polar surface area (TPSA) is 64.4 Å². The van der Waals surface area contributed by atoms with Crippen LogP contribution in [0.1, 0.15) is 23.8 Å². The van der Waals surface area contributed by atoms with Crippen LogP contribution in [0.25, 0.3) is 15.9 Å². The molecule has 1 unspecified atom stereocenters. The Bertz CT molecular complexity index is 1170. The smallest absolute Gasteiger partial charge is 0.267 e.